The lowest BCUT2D eigenvalue weighted by atomic mass is 10.1. The Labute approximate surface area is 145 Å². The Bertz CT molecular complexity index is 664. The molecule has 2 atom stereocenters. The molecule has 24 heavy (non-hydrogen) atoms. The molecule has 2 fully saturated rings. The molecule has 1 aromatic rings. The average Bonchev–Trinajstić information content (AvgIpc) is 3.24. The Morgan fingerprint density at radius 3 is 3.04 bits per heavy atom. The molecule has 3 rings (SSSR count). The van der Waals surface area contributed by atoms with E-state index in [-0.39, 0.29) is 0 Å². The van der Waals surface area contributed by atoms with Crippen molar-refractivity contribution in [2.45, 2.75) is 18.5 Å². The fourth-order valence-electron chi connectivity index (χ4n) is 2.91. The molecule has 2 unspecified atom stereocenters. The Kier molecular flexibility index (Phi) is 5.27. The highest BCUT2D eigenvalue weighted by Gasteiger charge is 2.28. The highest BCUT2D eigenvalue weighted by molar-refractivity contribution is 8.03. The van der Waals surface area contributed by atoms with Gasteiger partial charge in [0, 0.05) is 36.1 Å². The van der Waals surface area contributed by atoms with Crippen molar-refractivity contribution in [2.75, 3.05) is 38.0 Å². The number of hydrogen-bond acceptors (Lipinski definition) is 8. The largest absolute Gasteiger partial charge is 0.339 e. The second kappa shape index (κ2) is 7.42. The molecule has 0 amide bonds. The molecule has 0 spiro atoms. The Morgan fingerprint density at radius 2 is 2.33 bits per heavy atom. The van der Waals surface area contributed by atoms with E-state index in [4.69, 9.17) is 0 Å². The van der Waals surface area contributed by atoms with Crippen LogP contribution in [0, 0.1) is 0 Å². The van der Waals surface area contributed by atoms with Gasteiger partial charge in [0.15, 0.2) is 6.29 Å². The van der Waals surface area contributed by atoms with E-state index < -0.39 is 11.8 Å². The van der Waals surface area contributed by atoms with E-state index in [1.54, 1.807) is 6.20 Å². The van der Waals surface area contributed by atoms with Crippen LogP contribution in [-0.4, -0.2) is 72.1 Å². The van der Waals surface area contributed by atoms with Crippen LogP contribution in [-0.2, 0) is 9.59 Å². The lowest BCUT2D eigenvalue weighted by Gasteiger charge is -2.20. The number of aromatic nitrogens is 2. The standard InChI is InChI=1S/C16H21N5O2S/c1-20(2)12-4-6-21(8-12)16-17-5-3-11(19-16)7-14-15(13(23)9-22)18-10-24-14/h3,5,7,9,12,15,18H,4,6,8,10H2,1-2H3/b14-7-. The lowest BCUT2D eigenvalue weighted by Crippen LogP contribution is -2.32. The molecule has 0 aliphatic carbocycles. The van der Waals surface area contributed by atoms with Gasteiger partial charge in [-0.15, -0.1) is 11.8 Å². The molecule has 0 radical (unpaired) electrons. The molecule has 128 valence electrons. The number of hydrogen-bond donors (Lipinski definition) is 1. The zero-order chi connectivity index (χ0) is 17.1. The molecule has 7 nitrogen and oxygen atoms in total. The zero-order valence-corrected chi connectivity index (χ0v) is 14.6. The van der Waals surface area contributed by atoms with Crippen molar-refractivity contribution < 1.29 is 9.59 Å². The van der Waals surface area contributed by atoms with Crippen LogP contribution >= 0.6 is 11.8 Å². The summed E-state index contributed by atoms with van der Waals surface area (Å²) in [6, 6.07) is 1.78. The van der Waals surface area contributed by atoms with E-state index >= 15 is 0 Å². The van der Waals surface area contributed by atoms with Crippen LogP contribution < -0.4 is 10.2 Å². The fraction of sp³-hybridized carbons (Fsp3) is 0.500. The van der Waals surface area contributed by atoms with Crippen molar-refractivity contribution in [3.63, 3.8) is 0 Å². The number of Topliss-reactive ketones (excluding diaryl/α,β-unsaturated/α-hetero) is 1. The first-order valence-electron chi connectivity index (χ1n) is 7.89. The van der Waals surface area contributed by atoms with Crippen LogP contribution in [0.5, 0.6) is 0 Å². The third-order valence-electron chi connectivity index (χ3n) is 4.34. The van der Waals surface area contributed by atoms with Crippen molar-refractivity contribution in [1.29, 1.82) is 0 Å². The molecule has 0 saturated carbocycles. The normalized spacial score (nSPS) is 25.6. The van der Waals surface area contributed by atoms with Crippen LogP contribution in [0.4, 0.5) is 5.95 Å². The summed E-state index contributed by atoms with van der Waals surface area (Å²) in [5.74, 6) is 0.877. The molecule has 3 heterocycles. The van der Waals surface area contributed by atoms with Crippen molar-refractivity contribution >= 4 is 35.9 Å². The lowest BCUT2D eigenvalue weighted by molar-refractivity contribution is -0.130. The number of ketones is 1. The number of likely N-dealkylation sites (N-methyl/N-ethyl adjacent to an activating group) is 1. The van der Waals surface area contributed by atoms with Gasteiger partial charge in [-0.25, -0.2) is 9.97 Å². The van der Waals surface area contributed by atoms with Gasteiger partial charge in [-0.3, -0.25) is 14.9 Å². The molecular formula is C16H21N5O2S. The number of rotatable bonds is 5. The monoisotopic (exact) mass is 347 g/mol. The predicted molar refractivity (Wildman–Crippen MR) is 94.8 cm³/mol. The summed E-state index contributed by atoms with van der Waals surface area (Å²) in [6.45, 7) is 1.85. The molecule has 2 aliphatic heterocycles. The van der Waals surface area contributed by atoms with Gasteiger partial charge in [-0.1, -0.05) is 0 Å². The van der Waals surface area contributed by atoms with Crippen molar-refractivity contribution in [1.82, 2.24) is 20.2 Å². The highest BCUT2D eigenvalue weighted by Crippen LogP contribution is 2.28. The SMILES string of the molecule is CN(C)C1CCN(c2nccc(/C=C3\SCNC3C(=O)C=O)n2)C1. The van der Waals surface area contributed by atoms with E-state index in [1.165, 1.54) is 11.8 Å². The number of thioether (sulfide) groups is 1. The molecule has 1 N–H and O–H groups in total. The van der Waals surface area contributed by atoms with Crippen LogP contribution in [0.15, 0.2) is 17.2 Å². The maximum absolute atomic E-state index is 11.7. The highest BCUT2D eigenvalue weighted by atomic mass is 32.2. The molecule has 0 aromatic carbocycles. The van der Waals surface area contributed by atoms with Crippen molar-refractivity contribution in [3.8, 4) is 0 Å². The van der Waals surface area contributed by atoms with Crippen LogP contribution in [0.3, 0.4) is 0 Å². The summed E-state index contributed by atoms with van der Waals surface area (Å²) in [4.78, 5) is 36.6. The molecule has 8 heteroatoms. The maximum Gasteiger partial charge on any atom is 0.225 e. The van der Waals surface area contributed by atoms with Gasteiger partial charge in [0.1, 0.15) is 6.04 Å². The summed E-state index contributed by atoms with van der Waals surface area (Å²) < 4.78 is 0. The third-order valence-corrected chi connectivity index (χ3v) is 5.34. The molecule has 1 aromatic heterocycles. The minimum atomic E-state index is -0.546. The van der Waals surface area contributed by atoms with Gasteiger partial charge < -0.3 is 9.80 Å². The van der Waals surface area contributed by atoms with Crippen LogP contribution in [0.1, 0.15) is 12.1 Å². The Morgan fingerprint density at radius 1 is 1.50 bits per heavy atom. The maximum atomic E-state index is 11.7. The Hall–Kier alpha value is -1.77. The summed E-state index contributed by atoms with van der Waals surface area (Å²) in [5.41, 5.74) is 0.753. The number of aldehydes is 1. The van der Waals surface area contributed by atoms with Crippen molar-refractivity contribution in [3.05, 3.63) is 22.9 Å². The topological polar surface area (TPSA) is 78.4 Å². The minimum Gasteiger partial charge on any atom is -0.339 e. The van der Waals surface area contributed by atoms with Gasteiger partial charge in [-0.2, -0.15) is 0 Å². The first-order chi connectivity index (χ1) is 11.6. The first-order valence-corrected chi connectivity index (χ1v) is 8.88. The van der Waals surface area contributed by atoms with Crippen molar-refractivity contribution in [2.24, 2.45) is 0 Å². The van der Waals surface area contributed by atoms with Gasteiger partial charge in [-0.05, 0) is 32.7 Å². The summed E-state index contributed by atoms with van der Waals surface area (Å²) in [5, 5.41) is 3.02. The second-order valence-corrected chi connectivity index (χ2v) is 7.18. The van der Waals surface area contributed by atoms with Crippen LogP contribution in [0.25, 0.3) is 6.08 Å². The van der Waals surface area contributed by atoms with E-state index in [9.17, 15) is 9.59 Å². The third kappa shape index (κ3) is 3.66. The first kappa shape index (κ1) is 17.1. The molecular weight excluding hydrogens is 326 g/mol. The average molecular weight is 347 g/mol. The summed E-state index contributed by atoms with van der Waals surface area (Å²) >= 11 is 1.52. The Balaban J connectivity index is 1.77. The summed E-state index contributed by atoms with van der Waals surface area (Å²) in [7, 11) is 4.18. The predicted octanol–water partition coefficient (Wildman–Crippen LogP) is 0.388. The van der Waals surface area contributed by atoms with Gasteiger partial charge in [0.05, 0.1) is 5.69 Å². The van der Waals surface area contributed by atoms with Gasteiger partial charge in [0.2, 0.25) is 11.7 Å². The molecule has 2 saturated heterocycles. The van der Waals surface area contributed by atoms with Gasteiger partial charge >= 0.3 is 0 Å². The van der Waals surface area contributed by atoms with Gasteiger partial charge in [0.25, 0.3) is 0 Å². The van der Waals surface area contributed by atoms with E-state index in [2.05, 4.69) is 39.2 Å². The number of nitrogens with zero attached hydrogens (tertiary/aromatic N) is 4. The number of carbonyl (C=O) groups excluding carboxylic acids is 2. The van der Waals surface area contributed by atoms with E-state index in [1.807, 2.05) is 12.1 Å². The number of carbonyl (C=O) groups is 2. The smallest absolute Gasteiger partial charge is 0.225 e. The number of nitrogens with one attached hydrogen (secondary N) is 1. The molecule has 0 bridgehead atoms. The quantitative estimate of drug-likeness (QED) is 0.605. The second-order valence-electron chi connectivity index (χ2n) is 6.13. The fourth-order valence-corrected chi connectivity index (χ4v) is 3.90. The molecule has 2 aliphatic rings. The van der Waals surface area contributed by atoms with E-state index in [0.717, 1.165) is 30.1 Å². The van der Waals surface area contributed by atoms with E-state index in [0.29, 0.717) is 24.2 Å². The minimum absolute atomic E-state index is 0.369. The number of anilines is 1. The summed E-state index contributed by atoms with van der Waals surface area (Å²) in [6.07, 6.45) is 5.06. The zero-order valence-electron chi connectivity index (χ0n) is 13.8. The van der Waals surface area contributed by atoms with Crippen LogP contribution in [0.2, 0.25) is 0 Å².